The molecule has 0 spiro atoms. The molecular formula is C26H21N3O4S. The lowest BCUT2D eigenvalue weighted by Gasteiger charge is -2.20. The summed E-state index contributed by atoms with van der Waals surface area (Å²) in [6, 6.07) is 19.6. The number of thiophene rings is 1. The van der Waals surface area contributed by atoms with Gasteiger partial charge in [-0.05, 0) is 42.0 Å². The minimum Gasteiger partial charge on any atom is -0.508 e. The fraction of sp³-hybridized carbons (Fsp3) is 0.0769. The number of phenols is 1. The predicted molar refractivity (Wildman–Crippen MR) is 131 cm³/mol. The maximum absolute atomic E-state index is 13.1. The molecule has 1 atom stereocenters. The summed E-state index contributed by atoms with van der Waals surface area (Å²) in [5, 5.41) is 30.9. The normalized spacial score (nSPS) is 11.5. The van der Waals surface area contributed by atoms with Gasteiger partial charge in [-0.15, -0.1) is 11.3 Å². The number of nitrogens with one attached hydrogen (secondary N) is 2. The van der Waals surface area contributed by atoms with Crippen LogP contribution in [0.4, 0.5) is 0 Å². The van der Waals surface area contributed by atoms with E-state index in [1.54, 1.807) is 67.0 Å². The maximum atomic E-state index is 13.1. The number of carboxylic acids is 1. The van der Waals surface area contributed by atoms with Gasteiger partial charge in [-0.2, -0.15) is 0 Å². The van der Waals surface area contributed by atoms with Crippen molar-refractivity contribution in [2.24, 2.45) is 0 Å². The summed E-state index contributed by atoms with van der Waals surface area (Å²) in [6.45, 7) is 0. The van der Waals surface area contributed by atoms with Crippen molar-refractivity contribution in [3.8, 4) is 16.2 Å². The third-order valence-electron chi connectivity index (χ3n) is 5.28. The number of hydrogen-bond donors (Lipinski definition) is 4. The molecule has 2 aromatic carbocycles. The van der Waals surface area contributed by atoms with E-state index in [9.17, 15) is 14.7 Å². The molecule has 4 N–H and O–H groups in total. The molecule has 4 rings (SSSR count). The lowest BCUT2D eigenvalue weighted by Crippen LogP contribution is -2.29. The number of rotatable bonds is 8. The number of carbonyl (C=O) groups is 2. The second-order valence-corrected chi connectivity index (χ2v) is 8.64. The zero-order valence-electron chi connectivity index (χ0n) is 17.9. The second-order valence-electron chi connectivity index (χ2n) is 7.56. The first-order valence-electron chi connectivity index (χ1n) is 10.4. The van der Waals surface area contributed by atoms with Crippen LogP contribution in [-0.2, 0) is 0 Å². The van der Waals surface area contributed by atoms with E-state index in [1.165, 1.54) is 23.5 Å². The van der Waals surface area contributed by atoms with Crippen molar-refractivity contribution < 1.29 is 19.8 Å². The molecule has 0 aliphatic heterocycles. The standard InChI is InChI=1S/C26H21N3O4S/c27-20(18-4-3-13-28-15-18)14-21(19-5-1-2-6-22(19)30)29-25(31)24-12-11-23(34-24)16-7-9-17(10-8-16)26(32)33/h1-13,15,21,27,30H,14H2,(H,29,31)(H,32,33). The Balaban J connectivity index is 1.55. The Labute approximate surface area is 199 Å². The lowest BCUT2D eigenvalue weighted by molar-refractivity contribution is 0.0696. The maximum Gasteiger partial charge on any atom is 0.335 e. The monoisotopic (exact) mass is 471 g/mol. The minimum absolute atomic E-state index is 0.0391. The predicted octanol–water partition coefficient (Wildman–Crippen LogP) is 5.14. The van der Waals surface area contributed by atoms with Crippen LogP contribution in [0.3, 0.4) is 0 Å². The molecule has 0 radical (unpaired) electrons. The van der Waals surface area contributed by atoms with E-state index in [-0.39, 0.29) is 29.4 Å². The average molecular weight is 472 g/mol. The van der Waals surface area contributed by atoms with Crippen LogP contribution in [0, 0.1) is 5.41 Å². The fourth-order valence-electron chi connectivity index (χ4n) is 3.51. The van der Waals surface area contributed by atoms with Gasteiger partial charge in [-0.1, -0.05) is 36.4 Å². The molecule has 170 valence electrons. The van der Waals surface area contributed by atoms with E-state index in [0.29, 0.717) is 16.0 Å². The summed E-state index contributed by atoms with van der Waals surface area (Å²) in [6.07, 6.45) is 3.39. The van der Waals surface area contributed by atoms with Crippen molar-refractivity contribution in [1.82, 2.24) is 10.3 Å². The number of aromatic nitrogens is 1. The Morgan fingerprint density at radius 1 is 0.971 bits per heavy atom. The molecular weight excluding hydrogens is 450 g/mol. The van der Waals surface area contributed by atoms with Crippen LogP contribution < -0.4 is 5.32 Å². The van der Waals surface area contributed by atoms with Crippen molar-refractivity contribution >= 4 is 28.9 Å². The molecule has 0 aliphatic rings. The number of phenolic OH excluding ortho intramolecular Hbond substituents is 1. The van der Waals surface area contributed by atoms with Gasteiger partial charge in [0.15, 0.2) is 0 Å². The van der Waals surface area contributed by atoms with Crippen LogP contribution in [0.15, 0.2) is 85.2 Å². The summed E-state index contributed by atoms with van der Waals surface area (Å²) >= 11 is 1.28. The van der Waals surface area contributed by atoms with Crippen LogP contribution >= 0.6 is 11.3 Å². The van der Waals surface area contributed by atoms with Gasteiger partial charge in [-0.3, -0.25) is 9.78 Å². The molecule has 0 bridgehead atoms. The minimum atomic E-state index is -0.996. The van der Waals surface area contributed by atoms with Gasteiger partial charge >= 0.3 is 5.97 Å². The van der Waals surface area contributed by atoms with Gasteiger partial charge in [0.25, 0.3) is 5.91 Å². The van der Waals surface area contributed by atoms with Crippen LogP contribution in [0.1, 0.15) is 43.6 Å². The average Bonchev–Trinajstić information content (AvgIpc) is 3.35. The number of hydrogen-bond acceptors (Lipinski definition) is 6. The third kappa shape index (κ3) is 5.19. The molecule has 1 unspecified atom stereocenters. The number of nitrogens with zero attached hydrogens (tertiary/aromatic N) is 1. The molecule has 0 aliphatic carbocycles. The van der Waals surface area contributed by atoms with E-state index < -0.39 is 12.0 Å². The highest BCUT2D eigenvalue weighted by atomic mass is 32.1. The van der Waals surface area contributed by atoms with Crippen molar-refractivity contribution in [2.75, 3.05) is 0 Å². The number of para-hydroxylation sites is 1. The number of aromatic carboxylic acids is 1. The zero-order chi connectivity index (χ0) is 24.1. The van der Waals surface area contributed by atoms with Crippen LogP contribution in [0.2, 0.25) is 0 Å². The zero-order valence-corrected chi connectivity index (χ0v) is 18.8. The fourth-order valence-corrected chi connectivity index (χ4v) is 4.42. The summed E-state index contributed by atoms with van der Waals surface area (Å²) in [4.78, 5) is 29.5. The van der Waals surface area contributed by atoms with Crippen molar-refractivity contribution in [3.63, 3.8) is 0 Å². The highest BCUT2D eigenvalue weighted by molar-refractivity contribution is 7.17. The number of aromatic hydroxyl groups is 1. The number of benzene rings is 2. The summed E-state index contributed by atoms with van der Waals surface area (Å²) in [5.74, 6) is -1.28. The Kier molecular flexibility index (Phi) is 6.79. The number of carboxylic acid groups (broad SMARTS) is 1. The van der Waals surface area contributed by atoms with E-state index in [4.69, 9.17) is 10.5 Å². The van der Waals surface area contributed by atoms with Gasteiger partial charge < -0.3 is 20.9 Å². The number of carbonyl (C=O) groups excluding carboxylic acids is 1. The molecule has 1 amide bonds. The molecule has 4 aromatic rings. The molecule has 0 saturated heterocycles. The first-order chi connectivity index (χ1) is 16.4. The van der Waals surface area contributed by atoms with Gasteiger partial charge in [0.05, 0.1) is 16.5 Å². The lowest BCUT2D eigenvalue weighted by atomic mass is 9.97. The van der Waals surface area contributed by atoms with Gasteiger partial charge in [0.2, 0.25) is 0 Å². The second kappa shape index (κ2) is 10.1. The first-order valence-corrected chi connectivity index (χ1v) is 11.2. The van der Waals surface area contributed by atoms with E-state index in [0.717, 1.165) is 10.4 Å². The SMILES string of the molecule is N=C(CC(NC(=O)c1ccc(-c2ccc(C(=O)O)cc2)s1)c1ccccc1O)c1cccnc1. The Hall–Kier alpha value is -4.30. The van der Waals surface area contributed by atoms with Crippen molar-refractivity contribution in [3.05, 3.63) is 107 Å². The number of amides is 1. The molecule has 2 aromatic heterocycles. The van der Waals surface area contributed by atoms with E-state index in [2.05, 4.69) is 10.3 Å². The summed E-state index contributed by atoms with van der Waals surface area (Å²) < 4.78 is 0. The van der Waals surface area contributed by atoms with Gasteiger partial charge in [0, 0.05) is 40.5 Å². The molecule has 7 nitrogen and oxygen atoms in total. The smallest absolute Gasteiger partial charge is 0.335 e. The topological polar surface area (TPSA) is 123 Å². The highest BCUT2D eigenvalue weighted by Crippen LogP contribution is 2.31. The van der Waals surface area contributed by atoms with E-state index in [1.807, 2.05) is 6.07 Å². The largest absolute Gasteiger partial charge is 0.508 e. The Morgan fingerprint density at radius 2 is 1.74 bits per heavy atom. The molecule has 0 saturated carbocycles. The van der Waals surface area contributed by atoms with Gasteiger partial charge in [-0.25, -0.2) is 4.79 Å². The van der Waals surface area contributed by atoms with Crippen LogP contribution in [0.5, 0.6) is 5.75 Å². The molecule has 0 fully saturated rings. The highest BCUT2D eigenvalue weighted by Gasteiger charge is 2.22. The first kappa shape index (κ1) is 22.9. The molecule has 2 heterocycles. The van der Waals surface area contributed by atoms with Gasteiger partial charge in [0.1, 0.15) is 5.75 Å². The van der Waals surface area contributed by atoms with E-state index >= 15 is 0 Å². The molecule has 8 heteroatoms. The van der Waals surface area contributed by atoms with Crippen LogP contribution in [0.25, 0.3) is 10.4 Å². The van der Waals surface area contributed by atoms with Crippen LogP contribution in [-0.4, -0.2) is 32.8 Å². The Bertz CT molecular complexity index is 1330. The summed E-state index contributed by atoms with van der Waals surface area (Å²) in [5.41, 5.74) is 2.45. The molecule has 34 heavy (non-hydrogen) atoms. The Morgan fingerprint density at radius 3 is 2.41 bits per heavy atom. The van der Waals surface area contributed by atoms with Crippen molar-refractivity contribution in [1.29, 1.82) is 5.41 Å². The van der Waals surface area contributed by atoms with Crippen molar-refractivity contribution in [2.45, 2.75) is 12.5 Å². The number of pyridine rings is 1. The summed E-state index contributed by atoms with van der Waals surface area (Å²) in [7, 11) is 0. The third-order valence-corrected chi connectivity index (χ3v) is 6.41. The quantitative estimate of drug-likeness (QED) is 0.265.